The van der Waals surface area contributed by atoms with Crippen molar-refractivity contribution in [2.45, 2.75) is 309 Å². The third kappa shape index (κ3) is 64.7. The zero-order chi connectivity index (χ0) is 59.8. The third-order valence-corrected chi connectivity index (χ3v) is 16.0. The lowest BCUT2D eigenvalue weighted by molar-refractivity contribution is -0.870. The molecule has 3 unspecified atom stereocenters. The SMILES string of the molecule is CC/C=C\C/C=C\C/C=C\C/C=C\C/C=C\C/C=C\C/C=C\C/C=C\CCCCCCCCCCCCC(=O)NC(COP(=O)([O-])OCC[N+](C)(C)C)C(O)/C=C/CCCCCCCCCCCCCCCCCCCCCCCCC. The fraction of sp³-hybridized carbons (Fsp3) is 0.740. The lowest BCUT2D eigenvalue weighted by Gasteiger charge is -2.29. The maximum absolute atomic E-state index is 13.0. The molecule has 0 aromatic rings. The molecule has 0 saturated carbocycles. The molecule has 8 nitrogen and oxygen atoms in total. The molecule has 0 aliphatic heterocycles. The van der Waals surface area contributed by atoms with Crippen LogP contribution in [0.3, 0.4) is 0 Å². The maximum atomic E-state index is 13.0. The van der Waals surface area contributed by atoms with E-state index in [1.807, 2.05) is 27.2 Å². The van der Waals surface area contributed by atoms with Gasteiger partial charge in [-0.25, -0.2) is 0 Å². The third-order valence-electron chi connectivity index (χ3n) is 15.0. The number of amides is 1. The number of hydrogen-bond acceptors (Lipinski definition) is 6. The molecule has 0 aromatic carbocycles. The summed E-state index contributed by atoms with van der Waals surface area (Å²) in [4.78, 5) is 25.6. The van der Waals surface area contributed by atoms with Crippen molar-refractivity contribution in [2.75, 3.05) is 40.9 Å². The van der Waals surface area contributed by atoms with Crippen LogP contribution in [0.25, 0.3) is 0 Å². The molecular formula is C73H131N2O6P. The molecular weight excluding hydrogens is 1030 g/mol. The Hall–Kier alpha value is -2.84. The first kappa shape index (κ1) is 79.2. The standard InChI is InChI=1S/C73H131N2O6P/c1-6-8-10-12-14-16-18-20-22-24-26-28-30-32-33-34-35-36-37-38-39-40-41-43-45-47-49-51-53-55-57-59-61-63-65-67-73(77)74-71(70-81-82(78,79)80-69-68-75(3,4)5)72(76)66-64-62-60-58-56-54-52-50-48-46-44-42-31-29-27-25-23-21-19-17-15-13-11-9-7-2/h8,10,14,16,20,22,26,28,32-33,35-36,38-39,41,43,64,66,71-72,76H,6-7,9,11-13,15,17-19,21,23-25,27,29-31,34,37,40,42,44-63,65,67-70H2,1-5H3,(H-,74,77,78,79)/b10-8-,16-14-,22-20-,28-26-,33-32-,36-35-,39-38-,43-41-,66-64+. The highest BCUT2D eigenvalue weighted by molar-refractivity contribution is 7.45. The summed E-state index contributed by atoms with van der Waals surface area (Å²) in [6.45, 7) is 4.56. The van der Waals surface area contributed by atoms with E-state index in [2.05, 4.69) is 116 Å². The average Bonchev–Trinajstić information content (AvgIpc) is 3.45. The normalized spacial score (nSPS) is 14.4. The molecule has 0 spiro atoms. The zero-order valence-electron chi connectivity index (χ0n) is 54.2. The molecule has 3 atom stereocenters. The van der Waals surface area contributed by atoms with E-state index in [-0.39, 0.29) is 19.1 Å². The fourth-order valence-corrected chi connectivity index (χ4v) is 10.4. The maximum Gasteiger partial charge on any atom is 0.268 e. The van der Waals surface area contributed by atoms with Gasteiger partial charge in [-0.3, -0.25) is 9.36 Å². The van der Waals surface area contributed by atoms with Crippen molar-refractivity contribution in [3.05, 3.63) is 109 Å². The lowest BCUT2D eigenvalue weighted by Crippen LogP contribution is -2.45. The van der Waals surface area contributed by atoms with Crippen molar-refractivity contribution < 1.29 is 32.9 Å². The minimum Gasteiger partial charge on any atom is -0.756 e. The van der Waals surface area contributed by atoms with Crippen molar-refractivity contribution in [3.8, 4) is 0 Å². The molecule has 0 heterocycles. The number of hydrogen-bond donors (Lipinski definition) is 2. The van der Waals surface area contributed by atoms with Crippen LogP contribution in [0.4, 0.5) is 0 Å². The molecule has 1 amide bonds. The molecule has 474 valence electrons. The van der Waals surface area contributed by atoms with Crippen LogP contribution >= 0.6 is 7.82 Å². The number of unbranched alkanes of at least 4 members (excludes halogenated alkanes) is 33. The molecule has 82 heavy (non-hydrogen) atoms. The Labute approximate surface area is 508 Å². The van der Waals surface area contributed by atoms with Crippen molar-refractivity contribution in [3.63, 3.8) is 0 Å². The fourth-order valence-electron chi connectivity index (χ4n) is 9.70. The van der Waals surface area contributed by atoms with Gasteiger partial charge in [0.2, 0.25) is 5.91 Å². The van der Waals surface area contributed by atoms with E-state index >= 15 is 0 Å². The van der Waals surface area contributed by atoms with Gasteiger partial charge in [0, 0.05) is 6.42 Å². The van der Waals surface area contributed by atoms with Gasteiger partial charge in [-0.1, -0.05) is 316 Å². The Morgan fingerprint density at radius 2 is 0.744 bits per heavy atom. The predicted molar refractivity (Wildman–Crippen MR) is 357 cm³/mol. The minimum absolute atomic E-state index is 0.00602. The number of carbonyl (C=O) groups is 1. The summed E-state index contributed by atoms with van der Waals surface area (Å²) < 4.78 is 23.4. The number of aliphatic hydroxyl groups excluding tert-OH is 1. The molecule has 2 N–H and O–H groups in total. The highest BCUT2D eigenvalue weighted by Crippen LogP contribution is 2.38. The van der Waals surface area contributed by atoms with Crippen LogP contribution in [0.1, 0.15) is 296 Å². The molecule has 0 rings (SSSR count). The summed E-state index contributed by atoms with van der Waals surface area (Å²) >= 11 is 0. The predicted octanol–water partition coefficient (Wildman–Crippen LogP) is 21.2. The number of carbonyl (C=O) groups excluding carboxylic acids is 1. The second-order valence-electron chi connectivity index (χ2n) is 24.2. The number of nitrogens with one attached hydrogen (secondary N) is 1. The van der Waals surface area contributed by atoms with E-state index < -0.39 is 20.0 Å². The van der Waals surface area contributed by atoms with Gasteiger partial charge in [-0.2, -0.15) is 0 Å². The van der Waals surface area contributed by atoms with E-state index in [1.165, 1.54) is 180 Å². The number of quaternary nitrogens is 1. The van der Waals surface area contributed by atoms with Gasteiger partial charge in [0.1, 0.15) is 13.2 Å². The van der Waals surface area contributed by atoms with Gasteiger partial charge in [-0.05, 0) is 83.5 Å². The Morgan fingerprint density at radius 3 is 1.09 bits per heavy atom. The lowest BCUT2D eigenvalue weighted by atomic mass is 10.0. The van der Waals surface area contributed by atoms with Gasteiger partial charge < -0.3 is 28.8 Å². The van der Waals surface area contributed by atoms with Gasteiger partial charge in [0.05, 0.1) is 39.9 Å². The van der Waals surface area contributed by atoms with Crippen molar-refractivity contribution in [1.82, 2.24) is 5.32 Å². The van der Waals surface area contributed by atoms with Crippen molar-refractivity contribution in [2.24, 2.45) is 0 Å². The Balaban J connectivity index is 4.14. The van der Waals surface area contributed by atoms with Crippen LogP contribution in [0.5, 0.6) is 0 Å². The summed E-state index contributed by atoms with van der Waals surface area (Å²) in [6, 6.07) is -0.898. The highest BCUT2D eigenvalue weighted by Gasteiger charge is 2.23. The first-order valence-electron chi connectivity index (χ1n) is 34.2. The van der Waals surface area contributed by atoms with E-state index in [4.69, 9.17) is 9.05 Å². The molecule has 0 saturated heterocycles. The monoisotopic (exact) mass is 1160 g/mol. The number of phosphoric ester groups is 1. The van der Waals surface area contributed by atoms with E-state index in [0.29, 0.717) is 17.4 Å². The Kier molecular flexibility index (Phi) is 60.5. The molecule has 0 aromatic heterocycles. The number of nitrogens with zero attached hydrogens (tertiary/aromatic N) is 1. The van der Waals surface area contributed by atoms with Crippen LogP contribution < -0.4 is 10.2 Å². The number of phosphoric acid groups is 1. The van der Waals surface area contributed by atoms with Crippen LogP contribution in [0.15, 0.2) is 109 Å². The Bertz CT molecular complexity index is 1700. The molecule has 0 aliphatic carbocycles. The second kappa shape index (κ2) is 62.7. The van der Waals surface area contributed by atoms with Crippen LogP contribution in [-0.4, -0.2) is 68.5 Å². The number of aliphatic hydroxyl groups is 1. The topological polar surface area (TPSA) is 108 Å². The number of rotatable bonds is 62. The Morgan fingerprint density at radius 1 is 0.439 bits per heavy atom. The first-order chi connectivity index (χ1) is 40.0. The quantitative estimate of drug-likeness (QED) is 0.0272. The number of likely N-dealkylation sites (N-methyl/N-ethyl adjacent to an activating group) is 1. The summed E-state index contributed by atoms with van der Waals surface area (Å²) in [5, 5.41) is 14.0. The zero-order valence-corrected chi connectivity index (χ0v) is 55.1. The number of allylic oxidation sites excluding steroid dienone is 17. The average molecular weight is 1160 g/mol. The summed E-state index contributed by atoms with van der Waals surface area (Å²) in [5.74, 6) is -0.203. The van der Waals surface area contributed by atoms with Crippen LogP contribution in [-0.2, 0) is 18.4 Å². The van der Waals surface area contributed by atoms with E-state index in [9.17, 15) is 19.4 Å². The largest absolute Gasteiger partial charge is 0.756 e. The molecule has 0 fully saturated rings. The van der Waals surface area contributed by atoms with Gasteiger partial charge >= 0.3 is 0 Å². The molecule has 0 radical (unpaired) electrons. The van der Waals surface area contributed by atoms with Gasteiger partial charge in [0.25, 0.3) is 7.82 Å². The van der Waals surface area contributed by atoms with Crippen molar-refractivity contribution in [1.29, 1.82) is 0 Å². The van der Waals surface area contributed by atoms with Crippen LogP contribution in [0, 0.1) is 0 Å². The van der Waals surface area contributed by atoms with Gasteiger partial charge in [0.15, 0.2) is 0 Å². The van der Waals surface area contributed by atoms with E-state index in [0.717, 1.165) is 96.3 Å². The van der Waals surface area contributed by atoms with Gasteiger partial charge in [-0.15, -0.1) is 0 Å². The summed E-state index contributed by atoms with van der Waals surface area (Å²) in [6.07, 6.45) is 91.9. The molecule has 0 aliphatic rings. The minimum atomic E-state index is -4.61. The second-order valence-corrected chi connectivity index (χ2v) is 25.6. The molecule has 0 bridgehead atoms. The van der Waals surface area contributed by atoms with Crippen LogP contribution in [0.2, 0.25) is 0 Å². The van der Waals surface area contributed by atoms with E-state index in [1.54, 1.807) is 6.08 Å². The first-order valence-corrected chi connectivity index (χ1v) is 35.7. The molecule has 9 heteroatoms. The summed E-state index contributed by atoms with van der Waals surface area (Å²) in [7, 11) is 1.25. The van der Waals surface area contributed by atoms with Crippen molar-refractivity contribution >= 4 is 13.7 Å². The smallest absolute Gasteiger partial charge is 0.268 e. The highest BCUT2D eigenvalue weighted by atomic mass is 31.2. The summed E-state index contributed by atoms with van der Waals surface area (Å²) in [5.41, 5.74) is 0.